The van der Waals surface area contributed by atoms with Gasteiger partial charge in [0.1, 0.15) is 17.5 Å². The second-order valence-electron chi connectivity index (χ2n) is 5.29. The number of benzene rings is 1. The van der Waals surface area contributed by atoms with Gasteiger partial charge in [-0.1, -0.05) is 18.2 Å². The Balaban J connectivity index is 1.96. The zero-order chi connectivity index (χ0) is 16.2. The molecule has 1 aromatic carbocycles. The molecule has 23 heavy (non-hydrogen) atoms. The number of fused-ring (bicyclic) bond motifs is 1. The van der Waals surface area contributed by atoms with Crippen molar-refractivity contribution < 1.29 is 19.1 Å². The van der Waals surface area contributed by atoms with Crippen molar-refractivity contribution >= 4 is 28.6 Å². The fourth-order valence-electron chi connectivity index (χ4n) is 2.56. The van der Waals surface area contributed by atoms with Crippen LogP contribution < -0.4 is 5.32 Å². The number of pyridine rings is 1. The number of hydrogen-bond donors (Lipinski definition) is 1. The molecule has 3 rings (SSSR count). The highest BCUT2D eigenvalue weighted by Gasteiger charge is 2.26. The van der Waals surface area contributed by atoms with E-state index in [0.717, 1.165) is 11.8 Å². The van der Waals surface area contributed by atoms with Crippen LogP contribution in [0.25, 0.3) is 10.9 Å². The molecule has 0 aliphatic carbocycles. The van der Waals surface area contributed by atoms with E-state index in [9.17, 15) is 9.59 Å². The third-order valence-electron chi connectivity index (χ3n) is 3.68. The first-order chi connectivity index (χ1) is 11.2. The number of ether oxygens (including phenoxy) is 2. The number of hydrogen-bond acceptors (Lipinski definition) is 5. The summed E-state index contributed by atoms with van der Waals surface area (Å²) in [5, 5.41) is 3.52. The quantitative estimate of drug-likeness (QED) is 0.877. The summed E-state index contributed by atoms with van der Waals surface area (Å²) in [4.78, 5) is 28.8. The van der Waals surface area contributed by atoms with Crippen LogP contribution >= 0.6 is 0 Å². The number of amides is 1. The smallest absolute Gasteiger partial charge is 0.341 e. The molecule has 2 heterocycles. The summed E-state index contributed by atoms with van der Waals surface area (Å²) in [5.41, 5.74) is 0.945. The van der Waals surface area contributed by atoms with Crippen molar-refractivity contribution in [1.82, 2.24) is 4.98 Å². The minimum atomic E-state index is -0.506. The first-order valence-electron chi connectivity index (χ1n) is 7.68. The number of rotatable bonds is 4. The van der Waals surface area contributed by atoms with Crippen LogP contribution in [0.5, 0.6) is 0 Å². The highest BCUT2D eigenvalue weighted by atomic mass is 16.5. The minimum Gasteiger partial charge on any atom is -0.462 e. The first kappa shape index (κ1) is 15.4. The second-order valence-corrected chi connectivity index (χ2v) is 5.29. The Kier molecular flexibility index (Phi) is 4.52. The molecule has 1 fully saturated rings. The van der Waals surface area contributed by atoms with Gasteiger partial charge in [0.25, 0.3) is 5.91 Å². The number of esters is 1. The Labute approximate surface area is 133 Å². The highest BCUT2D eigenvalue weighted by Crippen LogP contribution is 2.23. The van der Waals surface area contributed by atoms with Crippen LogP contribution in [0.15, 0.2) is 30.3 Å². The van der Waals surface area contributed by atoms with Gasteiger partial charge in [-0.3, -0.25) is 4.79 Å². The molecule has 1 atom stereocenters. The van der Waals surface area contributed by atoms with E-state index in [0.29, 0.717) is 18.5 Å². The Morgan fingerprint density at radius 1 is 1.39 bits per heavy atom. The Morgan fingerprint density at radius 2 is 2.22 bits per heavy atom. The lowest BCUT2D eigenvalue weighted by Gasteiger charge is -2.13. The Bertz CT molecular complexity index is 738. The lowest BCUT2D eigenvalue weighted by molar-refractivity contribution is -0.124. The standard InChI is InChI=1S/C17H18N2O4/c1-2-22-17(21)12-10-11-6-3-4-7-13(11)18-15(12)19-16(20)14-8-5-9-23-14/h3-4,6-7,10,14H,2,5,8-9H2,1H3,(H,18,19,20)/t14-/m1/s1. The molecular formula is C17H18N2O4. The zero-order valence-corrected chi connectivity index (χ0v) is 12.9. The van der Waals surface area contributed by atoms with E-state index in [1.807, 2.05) is 24.3 Å². The highest BCUT2D eigenvalue weighted by molar-refractivity contribution is 6.04. The first-order valence-corrected chi connectivity index (χ1v) is 7.68. The third kappa shape index (κ3) is 3.32. The molecular weight excluding hydrogens is 296 g/mol. The molecule has 0 unspecified atom stereocenters. The minimum absolute atomic E-state index is 0.211. The Morgan fingerprint density at radius 3 is 2.96 bits per heavy atom. The molecule has 120 valence electrons. The second kappa shape index (κ2) is 6.75. The third-order valence-corrected chi connectivity index (χ3v) is 3.68. The molecule has 1 N–H and O–H groups in total. The van der Waals surface area contributed by atoms with E-state index >= 15 is 0 Å². The van der Waals surface area contributed by atoms with E-state index in [-0.39, 0.29) is 23.9 Å². The fourth-order valence-corrected chi connectivity index (χ4v) is 2.56. The predicted molar refractivity (Wildman–Crippen MR) is 85.3 cm³/mol. The number of anilines is 1. The summed E-state index contributed by atoms with van der Waals surface area (Å²) in [6, 6.07) is 9.09. The van der Waals surface area contributed by atoms with Gasteiger partial charge in [0.2, 0.25) is 0 Å². The van der Waals surface area contributed by atoms with E-state index in [1.165, 1.54) is 0 Å². The normalized spacial score (nSPS) is 17.2. The van der Waals surface area contributed by atoms with Gasteiger partial charge in [0, 0.05) is 12.0 Å². The summed E-state index contributed by atoms with van der Waals surface area (Å²) >= 11 is 0. The molecule has 6 heteroatoms. The van der Waals surface area contributed by atoms with Crippen molar-refractivity contribution in [3.63, 3.8) is 0 Å². The molecule has 0 saturated carbocycles. The zero-order valence-electron chi connectivity index (χ0n) is 12.9. The van der Waals surface area contributed by atoms with Crippen molar-refractivity contribution in [3.05, 3.63) is 35.9 Å². The number of para-hydroxylation sites is 1. The SMILES string of the molecule is CCOC(=O)c1cc2ccccc2nc1NC(=O)[C@H]1CCCO1. The monoisotopic (exact) mass is 314 g/mol. The molecule has 0 spiro atoms. The van der Waals surface area contributed by atoms with Gasteiger partial charge in [0.05, 0.1) is 12.1 Å². The topological polar surface area (TPSA) is 77.5 Å². The van der Waals surface area contributed by atoms with Crippen molar-refractivity contribution in [2.75, 3.05) is 18.5 Å². The number of aromatic nitrogens is 1. The van der Waals surface area contributed by atoms with Crippen LogP contribution in [0, 0.1) is 0 Å². The van der Waals surface area contributed by atoms with E-state index in [2.05, 4.69) is 10.3 Å². The van der Waals surface area contributed by atoms with Crippen molar-refractivity contribution in [3.8, 4) is 0 Å². The summed E-state index contributed by atoms with van der Waals surface area (Å²) < 4.78 is 10.4. The van der Waals surface area contributed by atoms with Gasteiger partial charge in [-0.2, -0.15) is 0 Å². The summed E-state index contributed by atoms with van der Waals surface area (Å²) in [6.07, 6.45) is 1.04. The van der Waals surface area contributed by atoms with Gasteiger partial charge in [-0.25, -0.2) is 9.78 Å². The van der Waals surface area contributed by atoms with Crippen molar-refractivity contribution in [2.24, 2.45) is 0 Å². The average Bonchev–Trinajstić information content (AvgIpc) is 3.09. The van der Waals surface area contributed by atoms with Crippen LogP contribution in [0.1, 0.15) is 30.1 Å². The number of carbonyl (C=O) groups is 2. The summed E-state index contributed by atoms with van der Waals surface area (Å²) in [5.74, 6) is -0.577. The summed E-state index contributed by atoms with van der Waals surface area (Å²) in [7, 11) is 0. The van der Waals surface area contributed by atoms with Gasteiger partial charge in [-0.15, -0.1) is 0 Å². The van der Waals surface area contributed by atoms with Crippen LogP contribution in [0.3, 0.4) is 0 Å². The molecule has 2 aromatic rings. The maximum atomic E-state index is 12.3. The van der Waals surface area contributed by atoms with Crippen molar-refractivity contribution in [1.29, 1.82) is 0 Å². The van der Waals surface area contributed by atoms with Crippen molar-refractivity contribution in [2.45, 2.75) is 25.9 Å². The molecule has 1 aliphatic heterocycles. The molecule has 6 nitrogen and oxygen atoms in total. The van der Waals surface area contributed by atoms with Crippen LogP contribution in [-0.2, 0) is 14.3 Å². The van der Waals surface area contributed by atoms with Crippen LogP contribution in [-0.4, -0.2) is 36.2 Å². The number of nitrogens with one attached hydrogen (secondary N) is 1. The molecule has 1 aromatic heterocycles. The molecule has 1 amide bonds. The molecule has 1 saturated heterocycles. The number of carbonyl (C=O) groups excluding carboxylic acids is 2. The van der Waals surface area contributed by atoms with Gasteiger partial charge in [-0.05, 0) is 31.9 Å². The van der Waals surface area contributed by atoms with Crippen LogP contribution in [0.2, 0.25) is 0 Å². The number of nitrogens with zero attached hydrogens (tertiary/aromatic N) is 1. The summed E-state index contributed by atoms with van der Waals surface area (Å²) in [6.45, 7) is 2.57. The molecule has 0 radical (unpaired) electrons. The van der Waals surface area contributed by atoms with Gasteiger partial charge >= 0.3 is 5.97 Å². The predicted octanol–water partition coefficient (Wildman–Crippen LogP) is 2.53. The Hall–Kier alpha value is -2.47. The molecule has 1 aliphatic rings. The molecule has 0 bridgehead atoms. The van der Waals surface area contributed by atoms with E-state index < -0.39 is 12.1 Å². The maximum absolute atomic E-state index is 12.3. The van der Waals surface area contributed by atoms with Gasteiger partial charge in [0.15, 0.2) is 0 Å². The lowest BCUT2D eigenvalue weighted by Crippen LogP contribution is -2.28. The van der Waals surface area contributed by atoms with Crippen LogP contribution in [0.4, 0.5) is 5.82 Å². The average molecular weight is 314 g/mol. The maximum Gasteiger partial charge on any atom is 0.341 e. The lowest BCUT2D eigenvalue weighted by atomic mass is 10.1. The van der Waals surface area contributed by atoms with E-state index in [1.54, 1.807) is 13.0 Å². The largest absolute Gasteiger partial charge is 0.462 e. The van der Waals surface area contributed by atoms with E-state index in [4.69, 9.17) is 9.47 Å². The van der Waals surface area contributed by atoms with Gasteiger partial charge < -0.3 is 14.8 Å². The fraction of sp³-hybridized carbons (Fsp3) is 0.353.